The Balaban J connectivity index is 2.26. The van der Waals surface area contributed by atoms with E-state index in [0.717, 1.165) is 11.1 Å². The van der Waals surface area contributed by atoms with Gasteiger partial charge in [0.15, 0.2) is 0 Å². The number of amidine groups is 1. The number of rotatable bonds is 3. The lowest BCUT2D eigenvalue weighted by atomic mass is 10.1. The zero-order valence-electron chi connectivity index (χ0n) is 9.55. The molecule has 2 atom stereocenters. The number of phenols is 1. The molecule has 0 amide bonds. The van der Waals surface area contributed by atoms with Crippen LogP contribution in [0.4, 0.5) is 0 Å². The van der Waals surface area contributed by atoms with Crippen LogP contribution in [0.1, 0.15) is 18.7 Å². The van der Waals surface area contributed by atoms with Crippen molar-refractivity contribution in [2.75, 3.05) is 0 Å². The summed E-state index contributed by atoms with van der Waals surface area (Å²) in [6, 6.07) is 6.62. The zero-order chi connectivity index (χ0) is 12.4. The highest BCUT2D eigenvalue weighted by molar-refractivity contribution is 5.96. The predicted octanol–water partition coefficient (Wildman–Crippen LogP) is 1.32. The maximum Gasteiger partial charge on any atom is 0.235 e. The van der Waals surface area contributed by atoms with E-state index in [0.29, 0.717) is 5.84 Å². The van der Waals surface area contributed by atoms with Gasteiger partial charge in [0.1, 0.15) is 5.75 Å². The number of hydrogen-bond acceptors (Lipinski definition) is 3. The van der Waals surface area contributed by atoms with Gasteiger partial charge in [0.05, 0.1) is 5.57 Å². The second-order valence-corrected chi connectivity index (χ2v) is 3.79. The molecule has 0 aromatic heterocycles. The molecule has 0 bridgehead atoms. The standard InChI is InChI=1S/C13H14N2O2/c1-3-9(4-2)12-14-13(15(12)17)10-6-5-7-11(16)8-10/h3-8,13,15-16H,1H2,2H3/b9-4+. The molecule has 2 unspecified atom stereocenters. The monoisotopic (exact) mass is 230 g/mol. The third-order valence-corrected chi connectivity index (χ3v) is 2.73. The van der Waals surface area contributed by atoms with Gasteiger partial charge in [-0.25, -0.2) is 0 Å². The summed E-state index contributed by atoms with van der Waals surface area (Å²) in [4.78, 5) is 4.27. The Morgan fingerprint density at radius 3 is 2.88 bits per heavy atom. The molecule has 0 radical (unpaired) electrons. The summed E-state index contributed by atoms with van der Waals surface area (Å²) < 4.78 is 0. The van der Waals surface area contributed by atoms with Gasteiger partial charge in [-0.05, 0) is 19.1 Å². The van der Waals surface area contributed by atoms with Crippen molar-refractivity contribution in [3.63, 3.8) is 0 Å². The number of nitrogens with one attached hydrogen (secondary N) is 1. The van der Waals surface area contributed by atoms with Gasteiger partial charge in [0.25, 0.3) is 0 Å². The van der Waals surface area contributed by atoms with Crippen LogP contribution in [-0.4, -0.2) is 10.9 Å². The summed E-state index contributed by atoms with van der Waals surface area (Å²) in [6.45, 7) is 5.48. The minimum atomic E-state index is -0.480. The second kappa shape index (κ2) is 4.53. The highest BCUT2D eigenvalue weighted by Crippen LogP contribution is 2.21. The molecule has 1 aromatic carbocycles. The highest BCUT2D eigenvalue weighted by atomic mass is 16.5. The van der Waals surface area contributed by atoms with Crippen LogP contribution in [0.3, 0.4) is 0 Å². The van der Waals surface area contributed by atoms with Crippen molar-refractivity contribution >= 4 is 5.84 Å². The van der Waals surface area contributed by atoms with Crippen molar-refractivity contribution in [2.24, 2.45) is 4.99 Å². The average Bonchev–Trinajstić information content (AvgIpc) is 2.33. The number of hydroxylamine groups is 2. The van der Waals surface area contributed by atoms with Gasteiger partial charge in [-0.1, -0.05) is 30.9 Å². The Bertz CT molecular complexity index is 506. The van der Waals surface area contributed by atoms with Crippen molar-refractivity contribution in [1.82, 2.24) is 0 Å². The molecule has 0 aliphatic carbocycles. The van der Waals surface area contributed by atoms with E-state index in [2.05, 4.69) is 11.6 Å². The molecule has 4 nitrogen and oxygen atoms in total. The molecule has 0 saturated carbocycles. The van der Waals surface area contributed by atoms with Crippen LogP contribution in [0.25, 0.3) is 0 Å². The van der Waals surface area contributed by atoms with E-state index in [1.54, 1.807) is 30.3 Å². The largest absolute Gasteiger partial charge is 0.626 e. The van der Waals surface area contributed by atoms with Gasteiger partial charge in [-0.2, -0.15) is 4.99 Å². The van der Waals surface area contributed by atoms with E-state index in [4.69, 9.17) is 0 Å². The highest BCUT2D eigenvalue weighted by Gasteiger charge is 2.33. The normalized spacial score (nSPS) is 23.9. The minimum absolute atomic E-state index is 0.0244. The summed E-state index contributed by atoms with van der Waals surface area (Å²) in [5.74, 6) is 0.616. The first-order valence-corrected chi connectivity index (χ1v) is 5.37. The fraction of sp³-hybridized carbons (Fsp3) is 0.154. The van der Waals surface area contributed by atoms with Crippen molar-refractivity contribution in [1.29, 1.82) is 0 Å². The van der Waals surface area contributed by atoms with Gasteiger partial charge < -0.3 is 10.3 Å². The topological polar surface area (TPSA) is 60.1 Å². The van der Waals surface area contributed by atoms with Crippen LogP contribution in [0.5, 0.6) is 5.75 Å². The van der Waals surface area contributed by atoms with Crippen molar-refractivity contribution in [3.8, 4) is 5.75 Å². The van der Waals surface area contributed by atoms with Gasteiger partial charge in [-0.15, -0.1) is 0 Å². The van der Waals surface area contributed by atoms with Gasteiger partial charge >= 0.3 is 0 Å². The van der Waals surface area contributed by atoms with E-state index in [9.17, 15) is 10.3 Å². The van der Waals surface area contributed by atoms with Crippen molar-refractivity contribution < 1.29 is 10.2 Å². The molecule has 1 aliphatic heterocycles. The lowest BCUT2D eigenvalue weighted by Crippen LogP contribution is -3.14. The van der Waals surface area contributed by atoms with Crippen LogP contribution in [0.2, 0.25) is 0 Å². The lowest BCUT2D eigenvalue weighted by Gasteiger charge is -2.37. The molecule has 0 saturated heterocycles. The minimum Gasteiger partial charge on any atom is -0.626 e. The van der Waals surface area contributed by atoms with E-state index in [1.807, 2.05) is 13.0 Å². The number of quaternary nitrogens is 1. The fourth-order valence-electron chi connectivity index (χ4n) is 1.80. The summed E-state index contributed by atoms with van der Waals surface area (Å²) >= 11 is 0. The lowest BCUT2D eigenvalue weighted by molar-refractivity contribution is -0.807. The van der Waals surface area contributed by atoms with E-state index < -0.39 is 6.17 Å². The molecule has 17 heavy (non-hydrogen) atoms. The Hall–Kier alpha value is -1.91. The summed E-state index contributed by atoms with van der Waals surface area (Å²) in [7, 11) is 0. The Morgan fingerprint density at radius 2 is 2.35 bits per heavy atom. The summed E-state index contributed by atoms with van der Waals surface area (Å²) in [5.41, 5.74) is 1.48. The maximum atomic E-state index is 11.9. The third kappa shape index (κ3) is 2.00. The number of aromatic hydroxyl groups is 1. The number of aliphatic imine (C=N–C) groups is 1. The Labute approximate surface area is 99.8 Å². The SMILES string of the molecule is C=C/C(=C\C)C1=NC(c2cccc(O)c2)[NH+]1[O-]. The van der Waals surface area contributed by atoms with Crippen molar-refractivity contribution in [3.05, 3.63) is 59.3 Å². The molecule has 1 heterocycles. The first kappa shape index (κ1) is 11.6. The molecule has 4 heteroatoms. The molecule has 2 N–H and O–H groups in total. The van der Waals surface area contributed by atoms with E-state index in [-0.39, 0.29) is 10.8 Å². The van der Waals surface area contributed by atoms with Crippen LogP contribution in [-0.2, 0) is 0 Å². The number of allylic oxidation sites excluding steroid dienone is 1. The molecule has 88 valence electrons. The molecule has 0 spiro atoms. The number of phenolic OH excluding ortho intramolecular Hbond substituents is 1. The molecule has 1 aromatic rings. The van der Waals surface area contributed by atoms with Gasteiger partial charge in [-0.3, -0.25) is 5.06 Å². The summed E-state index contributed by atoms with van der Waals surface area (Å²) in [6.07, 6.45) is 2.95. The maximum absolute atomic E-state index is 11.9. The molecular formula is C13H14N2O2. The number of benzene rings is 1. The number of nitrogens with zero attached hydrogens (tertiary/aromatic N) is 1. The zero-order valence-corrected chi connectivity index (χ0v) is 9.55. The van der Waals surface area contributed by atoms with Crippen molar-refractivity contribution in [2.45, 2.75) is 13.1 Å². The fourth-order valence-corrected chi connectivity index (χ4v) is 1.80. The van der Waals surface area contributed by atoms with Crippen LogP contribution < -0.4 is 5.06 Å². The third-order valence-electron chi connectivity index (χ3n) is 2.73. The first-order valence-electron chi connectivity index (χ1n) is 5.37. The smallest absolute Gasteiger partial charge is 0.235 e. The predicted molar refractivity (Wildman–Crippen MR) is 66.6 cm³/mol. The quantitative estimate of drug-likeness (QED) is 0.607. The van der Waals surface area contributed by atoms with E-state index >= 15 is 0 Å². The van der Waals surface area contributed by atoms with Crippen LogP contribution in [0.15, 0.2) is 53.6 Å². The van der Waals surface area contributed by atoms with Gasteiger partial charge in [0.2, 0.25) is 12.0 Å². The molecule has 2 rings (SSSR count). The first-order chi connectivity index (χ1) is 8.17. The van der Waals surface area contributed by atoms with Gasteiger partial charge in [0, 0.05) is 5.56 Å². The van der Waals surface area contributed by atoms with Crippen LogP contribution in [0, 0.1) is 5.21 Å². The molecule has 1 aliphatic rings. The number of hydrogen-bond donors (Lipinski definition) is 2. The summed E-state index contributed by atoms with van der Waals surface area (Å²) in [5, 5.41) is 21.3. The van der Waals surface area contributed by atoms with E-state index in [1.165, 1.54) is 0 Å². The Morgan fingerprint density at radius 1 is 1.59 bits per heavy atom. The average molecular weight is 230 g/mol. The molecule has 0 fully saturated rings. The Kier molecular flexibility index (Phi) is 3.08. The molecular weight excluding hydrogens is 216 g/mol. The van der Waals surface area contributed by atoms with Crippen LogP contribution >= 0.6 is 0 Å². The second-order valence-electron chi connectivity index (χ2n) is 3.79.